The molecule has 0 bridgehead atoms. The SMILES string of the molecule is COC(=O)[C@H]1[C@@H](c2ccccc2)[C@@H]2C(=O)CCC[C@@H]2N1C. The molecule has 21 heavy (non-hydrogen) atoms. The van der Waals surface area contributed by atoms with Crippen molar-refractivity contribution in [2.45, 2.75) is 37.3 Å². The minimum atomic E-state index is -0.366. The van der Waals surface area contributed by atoms with Crippen LogP contribution in [-0.2, 0) is 14.3 Å². The molecule has 1 saturated heterocycles. The number of ketones is 1. The standard InChI is InChI=1S/C17H21NO3/c1-18-12-9-6-10-13(19)15(12)14(16(18)17(20)21-2)11-7-4-3-5-8-11/h3-5,7-8,12,14-16H,6,9-10H2,1-2H3/t12-,14-,15-,16+/m0/s1. The number of hydrogen-bond donors (Lipinski definition) is 0. The van der Waals surface area contributed by atoms with Crippen molar-refractivity contribution in [1.82, 2.24) is 4.90 Å². The van der Waals surface area contributed by atoms with E-state index in [0.717, 1.165) is 18.4 Å². The molecule has 1 aromatic rings. The van der Waals surface area contributed by atoms with E-state index in [4.69, 9.17) is 4.74 Å². The molecule has 4 heteroatoms. The van der Waals surface area contributed by atoms with Crippen molar-refractivity contribution in [2.24, 2.45) is 5.92 Å². The molecule has 3 rings (SSSR count). The van der Waals surface area contributed by atoms with Crippen LogP contribution in [0.25, 0.3) is 0 Å². The molecule has 0 unspecified atom stereocenters. The highest BCUT2D eigenvalue weighted by Crippen LogP contribution is 2.46. The molecule has 1 aliphatic carbocycles. The maximum atomic E-state index is 12.5. The summed E-state index contributed by atoms with van der Waals surface area (Å²) in [5, 5.41) is 0. The lowest BCUT2D eigenvalue weighted by molar-refractivity contribution is -0.146. The number of Topliss-reactive ketones (excluding diaryl/α,β-unsaturated/α-hetero) is 1. The zero-order valence-corrected chi connectivity index (χ0v) is 12.5. The molecule has 4 atom stereocenters. The van der Waals surface area contributed by atoms with Gasteiger partial charge in [-0.1, -0.05) is 30.3 Å². The van der Waals surface area contributed by atoms with E-state index in [-0.39, 0.29) is 29.9 Å². The van der Waals surface area contributed by atoms with Gasteiger partial charge in [0, 0.05) is 24.3 Å². The molecule has 1 heterocycles. The van der Waals surface area contributed by atoms with E-state index < -0.39 is 0 Å². The molecule has 112 valence electrons. The number of carbonyl (C=O) groups excluding carboxylic acids is 2. The summed E-state index contributed by atoms with van der Waals surface area (Å²) in [4.78, 5) is 26.8. The van der Waals surface area contributed by atoms with Crippen LogP contribution in [0.1, 0.15) is 30.7 Å². The Bertz CT molecular complexity index is 542. The Morgan fingerprint density at radius 3 is 2.62 bits per heavy atom. The predicted molar refractivity (Wildman–Crippen MR) is 78.9 cm³/mol. The quantitative estimate of drug-likeness (QED) is 0.781. The number of likely N-dealkylation sites (tertiary alicyclic amines) is 1. The number of fused-ring (bicyclic) bond motifs is 1. The van der Waals surface area contributed by atoms with Crippen molar-refractivity contribution in [1.29, 1.82) is 0 Å². The van der Waals surface area contributed by atoms with Crippen molar-refractivity contribution in [3.8, 4) is 0 Å². The number of benzene rings is 1. The zero-order valence-electron chi connectivity index (χ0n) is 12.5. The van der Waals surface area contributed by atoms with E-state index in [1.54, 1.807) is 0 Å². The van der Waals surface area contributed by atoms with Crippen molar-refractivity contribution in [3.63, 3.8) is 0 Å². The number of carbonyl (C=O) groups is 2. The Labute approximate surface area is 125 Å². The normalized spacial score (nSPS) is 32.8. The number of nitrogens with zero attached hydrogens (tertiary/aromatic N) is 1. The summed E-state index contributed by atoms with van der Waals surface area (Å²) in [5.74, 6) is -0.136. The third-order valence-electron chi connectivity index (χ3n) is 5.03. The van der Waals surface area contributed by atoms with Gasteiger partial charge in [0.25, 0.3) is 0 Å². The third kappa shape index (κ3) is 2.27. The molecule has 1 saturated carbocycles. The van der Waals surface area contributed by atoms with Crippen LogP contribution in [0.15, 0.2) is 30.3 Å². The third-order valence-corrected chi connectivity index (χ3v) is 5.03. The second-order valence-corrected chi connectivity index (χ2v) is 6.02. The molecule has 0 radical (unpaired) electrons. The van der Waals surface area contributed by atoms with Crippen LogP contribution in [0, 0.1) is 5.92 Å². The van der Waals surface area contributed by atoms with Crippen LogP contribution >= 0.6 is 0 Å². The van der Waals surface area contributed by atoms with Crippen molar-refractivity contribution < 1.29 is 14.3 Å². The molecule has 4 nitrogen and oxygen atoms in total. The zero-order chi connectivity index (χ0) is 15.0. The van der Waals surface area contributed by atoms with E-state index in [9.17, 15) is 9.59 Å². The first-order valence-corrected chi connectivity index (χ1v) is 7.52. The summed E-state index contributed by atoms with van der Waals surface area (Å²) in [7, 11) is 3.36. The van der Waals surface area contributed by atoms with E-state index in [2.05, 4.69) is 4.90 Å². The molecular weight excluding hydrogens is 266 g/mol. The summed E-state index contributed by atoms with van der Waals surface area (Å²) in [6, 6.07) is 9.69. The first-order chi connectivity index (χ1) is 10.1. The van der Waals surface area contributed by atoms with Crippen molar-refractivity contribution >= 4 is 11.8 Å². The lowest BCUT2D eigenvalue weighted by Gasteiger charge is -2.29. The number of hydrogen-bond acceptors (Lipinski definition) is 4. The van der Waals surface area contributed by atoms with Gasteiger partial charge in [-0.25, -0.2) is 0 Å². The first kappa shape index (κ1) is 14.3. The molecule has 2 fully saturated rings. The van der Waals surface area contributed by atoms with E-state index >= 15 is 0 Å². The van der Waals surface area contributed by atoms with Gasteiger partial charge in [0.15, 0.2) is 0 Å². The topological polar surface area (TPSA) is 46.6 Å². The number of rotatable bonds is 2. The van der Waals surface area contributed by atoms with E-state index in [0.29, 0.717) is 12.2 Å². The predicted octanol–water partition coefficient (Wildman–Crippen LogP) is 1.99. The van der Waals surface area contributed by atoms with Gasteiger partial charge in [0.2, 0.25) is 0 Å². The van der Waals surface area contributed by atoms with E-state index in [1.807, 2.05) is 37.4 Å². The fourth-order valence-corrected chi connectivity index (χ4v) is 4.10. The first-order valence-electron chi connectivity index (χ1n) is 7.52. The Morgan fingerprint density at radius 1 is 1.24 bits per heavy atom. The maximum absolute atomic E-state index is 12.5. The maximum Gasteiger partial charge on any atom is 0.323 e. The van der Waals surface area contributed by atoms with Crippen LogP contribution in [0.4, 0.5) is 0 Å². The van der Waals surface area contributed by atoms with Crippen molar-refractivity contribution in [3.05, 3.63) is 35.9 Å². The molecule has 1 aromatic carbocycles. The molecule has 0 N–H and O–H groups in total. The molecule has 0 aromatic heterocycles. The van der Waals surface area contributed by atoms with Gasteiger partial charge in [-0.3, -0.25) is 14.5 Å². The van der Waals surface area contributed by atoms with Crippen LogP contribution in [0.5, 0.6) is 0 Å². The monoisotopic (exact) mass is 287 g/mol. The smallest absolute Gasteiger partial charge is 0.323 e. The second kappa shape index (κ2) is 5.60. The summed E-state index contributed by atoms with van der Waals surface area (Å²) >= 11 is 0. The highest BCUT2D eigenvalue weighted by Gasteiger charge is 2.54. The second-order valence-electron chi connectivity index (χ2n) is 6.02. The van der Waals surface area contributed by atoms with Crippen LogP contribution in [-0.4, -0.2) is 42.9 Å². The van der Waals surface area contributed by atoms with Crippen LogP contribution in [0.3, 0.4) is 0 Å². The molecule has 2 aliphatic rings. The molecule has 1 aliphatic heterocycles. The van der Waals surface area contributed by atoms with Gasteiger partial charge in [-0.15, -0.1) is 0 Å². The Kier molecular flexibility index (Phi) is 3.81. The largest absolute Gasteiger partial charge is 0.468 e. The summed E-state index contributed by atoms with van der Waals surface area (Å²) < 4.78 is 5.01. The van der Waals surface area contributed by atoms with Crippen molar-refractivity contribution in [2.75, 3.05) is 14.2 Å². The molecular formula is C17H21NO3. The number of methoxy groups -OCH3 is 1. The summed E-state index contributed by atoms with van der Waals surface area (Å²) in [5.41, 5.74) is 1.06. The lowest BCUT2D eigenvalue weighted by atomic mass is 9.74. The average Bonchev–Trinajstić information content (AvgIpc) is 2.82. The van der Waals surface area contributed by atoms with Gasteiger partial charge in [-0.2, -0.15) is 0 Å². The minimum absolute atomic E-state index is 0.0877. The number of likely N-dealkylation sites (N-methyl/N-ethyl adjacent to an activating group) is 1. The molecule has 0 spiro atoms. The van der Waals surface area contributed by atoms with Gasteiger partial charge in [0.1, 0.15) is 11.8 Å². The minimum Gasteiger partial charge on any atom is -0.468 e. The molecule has 0 amide bonds. The average molecular weight is 287 g/mol. The van der Waals surface area contributed by atoms with Gasteiger partial charge in [-0.05, 0) is 25.5 Å². The lowest BCUT2D eigenvalue weighted by Crippen LogP contribution is -2.41. The van der Waals surface area contributed by atoms with Crippen LogP contribution < -0.4 is 0 Å². The Morgan fingerprint density at radius 2 is 1.95 bits per heavy atom. The van der Waals surface area contributed by atoms with Gasteiger partial charge < -0.3 is 4.74 Å². The summed E-state index contributed by atoms with van der Waals surface area (Å²) in [6.07, 6.45) is 2.52. The van der Waals surface area contributed by atoms with Gasteiger partial charge in [0.05, 0.1) is 7.11 Å². The van der Waals surface area contributed by atoms with Gasteiger partial charge >= 0.3 is 5.97 Å². The fourth-order valence-electron chi connectivity index (χ4n) is 4.10. The number of esters is 1. The number of ether oxygens (including phenoxy) is 1. The fraction of sp³-hybridized carbons (Fsp3) is 0.529. The highest BCUT2D eigenvalue weighted by molar-refractivity contribution is 5.87. The summed E-state index contributed by atoms with van der Waals surface area (Å²) in [6.45, 7) is 0. The van der Waals surface area contributed by atoms with Crippen LogP contribution in [0.2, 0.25) is 0 Å². The highest BCUT2D eigenvalue weighted by atomic mass is 16.5. The Balaban J connectivity index is 2.05. The van der Waals surface area contributed by atoms with E-state index in [1.165, 1.54) is 7.11 Å². The Hall–Kier alpha value is -1.68.